The molecular weight excluding hydrogens is 343 g/mol. The Morgan fingerprint density at radius 1 is 0.864 bits per heavy atom. The lowest BCUT2D eigenvalue weighted by Gasteiger charge is -2.08. The Bertz CT molecular complexity index is 823. The first-order chi connectivity index (χ1) is 10.6. The van der Waals surface area contributed by atoms with Crippen molar-refractivity contribution in [2.24, 2.45) is 0 Å². The second-order valence-electron chi connectivity index (χ2n) is 4.38. The van der Waals surface area contributed by atoms with Crippen molar-refractivity contribution < 1.29 is 0 Å². The number of rotatable bonds is 3. The number of halogens is 3. The highest BCUT2D eigenvalue weighted by Gasteiger charge is 2.06. The number of hydrogen-bond donors (Lipinski definition) is 1. The Hall–Kier alpha value is -1.88. The van der Waals surface area contributed by atoms with Crippen LogP contribution >= 0.6 is 34.8 Å². The van der Waals surface area contributed by atoms with Crippen LogP contribution in [0.2, 0.25) is 15.2 Å². The molecule has 0 bridgehead atoms. The number of nitrogens with one attached hydrogen (secondary N) is 1. The summed E-state index contributed by atoms with van der Waals surface area (Å²) in [5, 5.41) is 4.56. The van der Waals surface area contributed by atoms with Gasteiger partial charge in [0.2, 0.25) is 5.95 Å². The molecule has 0 aliphatic heterocycles. The van der Waals surface area contributed by atoms with Crippen molar-refractivity contribution >= 4 is 46.4 Å². The summed E-state index contributed by atoms with van der Waals surface area (Å²) < 4.78 is 0. The second kappa shape index (κ2) is 6.48. The number of aromatic nitrogens is 3. The van der Waals surface area contributed by atoms with E-state index in [4.69, 9.17) is 34.8 Å². The van der Waals surface area contributed by atoms with E-state index in [1.165, 1.54) is 0 Å². The molecule has 0 radical (unpaired) electrons. The summed E-state index contributed by atoms with van der Waals surface area (Å²) in [6.07, 6.45) is 3.28. The SMILES string of the molecule is Clc1ccc(Cl)c(Nc2nccc(-c3ccnc(Cl)c3)n2)c1. The minimum Gasteiger partial charge on any atom is -0.323 e. The maximum Gasteiger partial charge on any atom is 0.227 e. The van der Waals surface area contributed by atoms with Gasteiger partial charge in [0.05, 0.1) is 16.4 Å². The van der Waals surface area contributed by atoms with Crippen LogP contribution in [-0.2, 0) is 0 Å². The third-order valence-corrected chi connectivity index (χ3v) is 3.62. The van der Waals surface area contributed by atoms with E-state index in [2.05, 4.69) is 20.3 Å². The highest BCUT2D eigenvalue weighted by Crippen LogP contribution is 2.28. The van der Waals surface area contributed by atoms with E-state index in [9.17, 15) is 0 Å². The molecule has 0 amide bonds. The Labute approximate surface area is 142 Å². The van der Waals surface area contributed by atoms with Gasteiger partial charge in [-0.25, -0.2) is 15.0 Å². The number of anilines is 2. The minimum absolute atomic E-state index is 0.406. The van der Waals surface area contributed by atoms with Gasteiger partial charge < -0.3 is 5.32 Å². The standard InChI is InChI=1S/C15H9Cl3N4/c16-10-1-2-11(17)13(8-10)22-15-20-6-4-12(21-15)9-3-5-19-14(18)7-9/h1-8H,(H,20,21,22). The minimum atomic E-state index is 0.406. The third-order valence-electron chi connectivity index (χ3n) is 2.85. The Kier molecular flexibility index (Phi) is 4.43. The molecule has 0 saturated heterocycles. The summed E-state index contributed by atoms with van der Waals surface area (Å²) in [6.45, 7) is 0. The smallest absolute Gasteiger partial charge is 0.227 e. The molecule has 22 heavy (non-hydrogen) atoms. The van der Waals surface area contributed by atoms with Gasteiger partial charge in [-0.05, 0) is 36.4 Å². The summed E-state index contributed by atoms with van der Waals surface area (Å²) in [4.78, 5) is 12.6. The fourth-order valence-electron chi connectivity index (χ4n) is 1.86. The van der Waals surface area contributed by atoms with Gasteiger partial charge in [-0.2, -0.15) is 0 Å². The van der Waals surface area contributed by atoms with Crippen molar-refractivity contribution in [2.45, 2.75) is 0 Å². The highest BCUT2D eigenvalue weighted by molar-refractivity contribution is 6.35. The first-order valence-electron chi connectivity index (χ1n) is 6.29. The van der Waals surface area contributed by atoms with Crippen molar-refractivity contribution in [3.63, 3.8) is 0 Å². The van der Waals surface area contributed by atoms with Crippen LogP contribution in [0.4, 0.5) is 11.6 Å². The van der Waals surface area contributed by atoms with Gasteiger partial charge in [0.1, 0.15) is 5.15 Å². The van der Waals surface area contributed by atoms with Gasteiger partial charge in [-0.3, -0.25) is 0 Å². The molecule has 3 aromatic rings. The Balaban J connectivity index is 1.93. The lowest BCUT2D eigenvalue weighted by atomic mass is 10.2. The largest absolute Gasteiger partial charge is 0.323 e. The molecule has 0 saturated carbocycles. The molecule has 1 aromatic carbocycles. The molecule has 0 aliphatic rings. The topological polar surface area (TPSA) is 50.7 Å². The maximum atomic E-state index is 6.12. The number of pyridine rings is 1. The first-order valence-corrected chi connectivity index (χ1v) is 7.42. The van der Waals surface area contributed by atoms with E-state index in [-0.39, 0.29) is 0 Å². The molecule has 110 valence electrons. The van der Waals surface area contributed by atoms with Crippen LogP contribution in [-0.4, -0.2) is 15.0 Å². The summed E-state index contributed by atoms with van der Waals surface area (Å²) in [5.74, 6) is 0.412. The van der Waals surface area contributed by atoms with Gasteiger partial charge in [0.15, 0.2) is 0 Å². The van der Waals surface area contributed by atoms with E-state index in [0.717, 1.165) is 11.3 Å². The first kappa shape index (κ1) is 15.0. The van der Waals surface area contributed by atoms with Crippen LogP contribution in [0.1, 0.15) is 0 Å². The molecule has 2 heterocycles. The van der Waals surface area contributed by atoms with Gasteiger partial charge in [0, 0.05) is 23.0 Å². The van der Waals surface area contributed by atoms with Crippen LogP contribution in [0.25, 0.3) is 11.3 Å². The predicted molar refractivity (Wildman–Crippen MR) is 90.0 cm³/mol. The zero-order chi connectivity index (χ0) is 15.5. The Morgan fingerprint density at radius 3 is 2.50 bits per heavy atom. The van der Waals surface area contributed by atoms with Crippen LogP contribution in [0.15, 0.2) is 48.8 Å². The summed E-state index contributed by atoms with van der Waals surface area (Å²) >= 11 is 18.0. The monoisotopic (exact) mass is 350 g/mol. The fraction of sp³-hybridized carbons (Fsp3) is 0. The normalized spacial score (nSPS) is 10.5. The highest BCUT2D eigenvalue weighted by atomic mass is 35.5. The van der Waals surface area contributed by atoms with Crippen LogP contribution in [0.5, 0.6) is 0 Å². The summed E-state index contributed by atoms with van der Waals surface area (Å²) in [7, 11) is 0. The van der Waals surface area contributed by atoms with Crippen LogP contribution in [0, 0.1) is 0 Å². The molecule has 1 N–H and O–H groups in total. The van der Waals surface area contributed by atoms with E-state index in [1.807, 2.05) is 6.07 Å². The lowest BCUT2D eigenvalue weighted by Crippen LogP contribution is -1.98. The molecule has 0 unspecified atom stereocenters. The summed E-state index contributed by atoms with van der Waals surface area (Å²) in [5.41, 5.74) is 2.21. The van der Waals surface area contributed by atoms with Crippen LogP contribution in [0.3, 0.4) is 0 Å². The molecule has 2 aromatic heterocycles. The zero-order valence-corrected chi connectivity index (χ0v) is 13.4. The lowest BCUT2D eigenvalue weighted by molar-refractivity contribution is 1.17. The number of hydrogen-bond acceptors (Lipinski definition) is 4. The molecule has 7 heteroatoms. The Morgan fingerprint density at radius 2 is 1.68 bits per heavy atom. The molecule has 4 nitrogen and oxygen atoms in total. The van der Waals surface area contributed by atoms with E-state index in [1.54, 1.807) is 42.7 Å². The van der Waals surface area contributed by atoms with Crippen molar-refractivity contribution in [1.82, 2.24) is 15.0 Å². The molecule has 0 aliphatic carbocycles. The molecular formula is C15H9Cl3N4. The third kappa shape index (κ3) is 3.47. The maximum absolute atomic E-state index is 6.12. The van der Waals surface area contributed by atoms with Gasteiger partial charge in [-0.1, -0.05) is 34.8 Å². The molecule has 3 rings (SSSR count). The quantitative estimate of drug-likeness (QED) is 0.655. The van der Waals surface area contributed by atoms with E-state index < -0.39 is 0 Å². The second-order valence-corrected chi connectivity index (χ2v) is 5.61. The van der Waals surface area contributed by atoms with Crippen molar-refractivity contribution in [3.8, 4) is 11.3 Å². The molecule has 0 fully saturated rings. The molecule has 0 spiro atoms. The average Bonchev–Trinajstić information content (AvgIpc) is 2.51. The van der Waals surface area contributed by atoms with Crippen molar-refractivity contribution in [2.75, 3.05) is 5.32 Å². The number of nitrogens with zero attached hydrogens (tertiary/aromatic N) is 3. The van der Waals surface area contributed by atoms with E-state index in [0.29, 0.717) is 26.8 Å². The van der Waals surface area contributed by atoms with Crippen LogP contribution < -0.4 is 5.32 Å². The van der Waals surface area contributed by atoms with Gasteiger partial charge in [0.25, 0.3) is 0 Å². The number of benzene rings is 1. The van der Waals surface area contributed by atoms with Gasteiger partial charge in [-0.15, -0.1) is 0 Å². The van der Waals surface area contributed by atoms with E-state index >= 15 is 0 Å². The molecule has 0 atom stereocenters. The average molecular weight is 352 g/mol. The summed E-state index contributed by atoms with van der Waals surface area (Å²) in [6, 6.07) is 10.5. The van der Waals surface area contributed by atoms with Gasteiger partial charge >= 0.3 is 0 Å². The van der Waals surface area contributed by atoms with Crippen molar-refractivity contribution in [3.05, 3.63) is 64.0 Å². The predicted octanol–water partition coefficient (Wildman–Crippen LogP) is 5.24. The zero-order valence-electron chi connectivity index (χ0n) is 11.1. The fourth-order valence-corrected chi connectivity index (χ4v) is 2.37. The van der Waals surface area contributed by atoms with Crippen molar-refractivity contribution in [1.29, 1.82) is 0 Å².